The largest absolute Gasteiger partial charge is 0.497 e. The fraction of sp³-hybridized carbons (Fsp3) is 0.320. The Balaban J connectivity index is 1.22. The summed E-state index contributed by atoms with van der Waals surface area (Å²) in [6, 6.07) is 22.8. The number of nitrogens with one attached hydrogen (secondary N) is 2. The molecule has 2 saturated heterocycles. The lowest BCUT2D eigenvalue weighted by Crippen LogP contribution is -2.53. The van der Waals surface area contributed by atoms with Gasteiger partial charge in [-0.15, -0.1) is 0 Å². The van der Waals surface area contributed by atoms with Crippen molar-refractivity contribution in [1.82, 2.24) is 15.8 Å². The van der Waals surface area contributed by atoms with E-state index in [-0.39, 0.29) is 18.0 Å². The third kappa shape index (κ3) is 3.96. The topological polar surface area (TPSA) is 56.8 Å². The van der Waals surface area contributed by atoms with Crippen molar-refractivity contribution in [3.63, 3.8) is 0 Å². The maximum Gasteiger partial charge on any atom is 0.241 e. The Kier molecular flexibility index (Phi) is 5.49. The van der Waals surface area contributed by atoms with E-state index in [4.69, 9.17) is 4.74 Å². The van der Waals surface area contributed by atoms with E-state index in [9.17, 15) is 4.79 Å². The monoisotopic (exact) mass is 416 g/mol. The summed E-state index contributed by atoms with van der Waals surface area (Å²) in [5, 5.41) is 2.47. The van der Waals surface area contributed by atoms with E-state index >= 15 is 0 Å². The van der Waals surface area contributed by atoms with Crippen LogP contribution in [0.15, 0.2) is 66.7 Å². The van der Waals surface area contributed by atoms with Crippen LogP contribution in [0.4, 0.5) is 5.69 Å². The van der Waals surface area contributed by atoms with Crippen molar-refractivity contribution in [2.24, 2.45) is 0 Å². The number of anilines is 1. The number of ether oxygens (including phenoxy) is 1. The minimum absolute atomic E-state index is 0.123. The summed E-state index contributed by atoms with van der Waals surface area (Å²) in [7, 11) is 1.68. The first-order chi connectivity index (χ1) is 15.2. The number of methoxy groups -OCH3 is 1. The predicted octanol–water partition coefficient (Wildman–Crippen LogP) is 3.10. The minimum Gasteiger partial charge on any atom is -0.497 e. The van der Waals surface area contributed by atoms with Crippen LogP contribution in [-0.4, -0.2) is 50.1 Å². The van der Waals surface area contributed by atoms with Crippen LogP contribution in [0.3, 0.4) is 0 Å². The van der Waals surface area contributed by atoms with Crippen molar-refractivity contribution in [3.05, 3.63) is 72.3 Å². The molecule has 0 aromatic heterocycles. The minimum atomic E-state index is -0.202. The molecule has 5 rings (SSSR count). The molecule has 160 valence electrons. The van der Waals surface area contributed by atoms with Gasteiger partial charge in [0.2, 0.25) is 5.91 Å². The summed E-state index contributed by atoms with van der Waals surface area (Å²) in [5.41, 5.74) is 9.00. The smallest absolute Gasteiger partial charge is 0.241 e. The Morgan fingerprint density at radius 3 is 2.55 bits per heavy atom. The normalized spacial score (nSPS) is 21.5. The van der Waals surface area contributed by atoms with Crippen LogP contribution in [0.1, 0.15) is 18.0 Å². The molecule has 3 aromatic rings. The predicted molar refractivity (Wildman–Crippen MR) is 123 cm³/mol. The molecule has 0 saturated carbocycles. The zero-order valence-electron chi connectivity index (χ0n) is 17.8. The highest BCUT2D eigenvalue weighted by Crippen LogP contribution is 2.30. The lowest BCUT2D eigenvalue weighted by molar-refractivity contribution is -0.133. The second-order valence-electron chi connectivity index (χ2n) is 8.21. The van der Waals surface area contributed by atoms with E-state index in [0.717, 1.165) is 44.0 Å². The molecule has 1 amide bonds. The highest BCUT2D eigenvalue weighted by atomic mass is 16.5. The maximum absolute atomic E-state index is 13.2. The van der Waals surface area contributed by atoms with Crippen LogP contribution < -0.4 is 20.5 Å². The summed E-state index contributed by atoms with van der Waals surface area (Å²) >= 11 is 0. The van der Waals surface area contributed by atoms with E-state index in [1.807, 2.05) is 17.0 Å². The van der Waals surface area contributed by atoms with Crippen molar-refractivity contribution in [2.45, 2.75) is 18.5 Å². The quantitative estimate of drug-likeness (QED) is 0.685. The van der Waals surface area contributed by atoms with Gasteiger partial charge in [-0.05, 0) is 34.9 Å². The first kappa shape index (κ1) is 19.8. The van der Waals surface area contributed by atoms with Gasteiger partial charge in [0.25, 0.3) is 0 Å². The number of amides is 1. The molecule has 6 nitrogen and oxygen atoms in total. The summed E-state index contributed by atoms with van der Waals surface area (Å²) < 4.78 is 5.34. The second-order valence-corrected chi connectivity index (χ2v) is 8.21. The maximum atomic E-state index is 13.2. The number of hydrogen-bond acceptors (Lipinski definition) is 5. The Morgan fingerprint density at radius 1 is 0.935 bits per heavy atom. The van der Waals surface area contributed by atoms with Crippen LogP contribution in [0.2, 0.25) is 0 Å². The Morgan fingerprint density at radius 2 is 1.71 bits per heavy atom. The van der Waals surface area contributed by atoms with Gasteiger partial charge < -0.3 is 14.5 Å². The summed E-state index contributed by atoms with van der Waals surface area (Å²) in [5.74, 6) is 1.04. The number of hydrogen-bond donors (Lipinski definition) is 2. The van der Waals surface area contributed by atoms with E-state index < -0.39 is 0 Å². The molecule has 6 heteroatoms. The van der Waals surface area contributed by atoms with Gasteiger partial charge in [-0.2, -0.15) is 0 Å². The van der Waals surface area contributed by atoms with Gasteiger partial charge in [-0.3, -0.25) is 4.79 Å². The zero-order valence-corrected chi connectivity index (χ0v) is 17.8. The summed E-state index contributed by atoms with van der Waals surface area (Å²) in [6.45, 7) is 3.11. The molecule has 2 aliphatic heterocycles. The first-order valence-electron chi connectivity index (χ1n) is 10.9. The molecule has 2 unspecified atom stereocenters. The van der Waals surface area contributed by atoms with Gasteiger partial charge in [0.05, 0.1) is 7.11 Å². The number of rotatable bonds is 4. The lowest BCUT2D eigenvalue weighted by atomic mass is 9.96. The SMILES string of the molecule is COc1cccc(N2CCN(C(=O)C3CC(c4cccc5ccccc45)NN3)CC2)c1. The molecule has 0 bridgehead atoms. The van der Waals surface area contributed by atoms with Gasteiger partial charge in [0.1, 0.15) is 11.8 Å². The number of piperazine rings is 1. The number of hydrazine groups is 1. The van der Waals surface area contributed by atoms with Crippen molar-refractivity contribution < 1.29 is 9.53 Å². The van der Waals surface area contributed by atoms with E-state index in [1.165, 1.54) is 16.3 Å². The standard InChI is InChI=1S/C25H28N4O2/c1-31-20-9-5-8-19(16-20)28-12-14-29(15-13-28)25(30)24-17-23(26-27-24)22-11-4-7-18-6-2-3-10-21(18)22/h2-11,16,23-24,26-27H,12-15,17H2,1H3. The first-order valence-corrected chi connectivity index (χ1v) is 10.9. The van der Waals surface area contributed by atoms with Crippen LogP contribution in [0.25, 0.3) is 10.8 Å². The molecule has 31 heavy (non-hydrogen) atoms. The molecular weight excluding hydrogens is 388 g/mol. The molecule has 2 heterocycles. The van der Waals surface area contributed by atoms with Gasteiger partial charge >= 0.3 is 0 Å². The lowest BCUT2D eigenvalue weighted by Gasteiger charge is -2.37. The third-order valence-electron chi connectivity index (χ3n) is 6.41. The van der Waals surface area contributed by atoms with Crippen LogP contribution in [0.5, 0.6) is 5.75 Å². The average molecular weight is 417 g/mol. The Labute approximate surface area is 182 Å². The van der Waals surface area contributed by atoms with Crippen LogP contribution >= 0.6 is 0 Å². The van der Waals surface area contributed by atoms with Crippen LogP contribution in [0, 0.1) is 0 Å². The highest BCUT2D eigenvalue weighted by molar-refractivity contribution is 5.87. The highest BCUT2D eigenvalue weighted by Gasteiger charge is 2.34. The summed E-state index contributed by atoms with van der Waals surface area (Å²) in [6.07, 6.45) is 0.753. The van der Waals surface area contributed by atoms with Crippen molar-refractivity contribution >= 4 is 22.4 Å². The molecule has 2 aliphatic rings. The zero-order chi connectivity index (χ0) is 21.2. The molecule has 2 N–H and O–H groups in total. The van der Waals surface area contributed by atoms with E-state index in [1.54, 1.807) is 7.11 Å². The van der Waals surface area contributed by atoms with Gasteiger partial charge in [0.15, 0.2) is 0 Å². The third-order valence-corrected chi connectivity index (χ3v) is 6.41. The summed E-state index contributed by atoms with van der Waals surface area (Å²) in [4.78, 5) is 17.5. The van der Waals surface area contributed by atoms with Gasteiger partial charge in [-0.1, -0.05) is 48.5 Å². The Bertz CT molecular complexity index is 1070. The number of carbonyl (C=O) groups is 1. The van der Waals surface area contributed by atoms with E-state index in [2.05, 4.69) is 70.3 Å². The second kappa shape index (κ2) is 8.57. The van der Waals surface area contributed by atoms with Gasteiger partial charge in [0, 0.05) is 44.0 Å². The van der Waals surface area contributed by atoms with Crippen molar-refractivity contribution in [2.75, 3.05) is 38.2 Å². The molecule has 3 aromatic carbocycles. The van der Waals surface area contributed by atoms with Crippen LogP contribution in [-0.2, 0) is 4.79 Å². The molecule has 0 spiro atoms. The van der Waals surface area contributed by atoms with Gasteiger partial charge in [-0.25, -0.2) is 10.9 Å². The number of nitrogens with zero attached hydrogens (tertiary/aromatic N) is 2. The fourth-order valence-electron chi connectivity index (χ4n) is 4.69. The molecule has 2 atom stereocenters. The van der Waals surface area contributed by atoms with E-state index in [0.29, 0.717) is 0 Å². The number of carbonyl (C=O) groups excluding carboxylic acids is 1. The molecule has 0 aliphatic carbocycles. The van der Waals surface area contributed by atoms with Crippen molar-refractivity contribution in [3.8, 4) is 5.75 Å². The molecule has 2 fully saturated rings. The average Bonchev–Trinajstić information content (AvgIpc) is 3.33. The number of fused-ring (bicyclic) bond motifs is 1. The molecule has 0 radical (unpaired) electrons. The molecular formula is C25H28N4O2. The number of benzene rings is 3. The van der Waals surface area contributed by atoms with Crippen molar-refractivity contribution in [1.29, 1.82) is 0 Å². The Hall–Kier alpha value is -3.09. The fourth-order valence-corrected chi connectivity index (χ4v) is 4.69.